The van der Waals surface area contributed by atoms with Crippen LogP contribution in [-0.2, 0) is 0 Å². The number of anilines is 1. The van der Waals surface area contributed by atoms with E-state index in [0.717, 1.165) is 12.1 Å². The Hall–Kier alpha value is -1.46. The predicted molar refractivity (Wildman–Crippen MR) is 73.5 cm³/mol. The van der Waals surface area contributed by atoms with Crippen LogP contribution in [-0.4, -0.2) is 5.91 Å². The molecule has 2 aromatic carbocycles. The van der Waals surface area contributed by atoms with Gasteiger partial charge < -0.3 is 5.32 Å². The summed E-state index contributed by atoms with van der Waals surface area (Å²) in [6.45, 7) is 0. The molecule has 0 spiro atoms. The third kappa shape index (κ3) is 3.30. The smallest absolute Gasteiger partial charge is 0.255 e. The van der Waals surface area contributed by atoms with Crippen molar-refractivity contribution in [3.8, 4) is 0 Å². The Balaban J connectivity index is 2.20. The highest BCUT2D eigenvalue weighted by Gasteiger charge is 2.09. The van der Waals surface area contributed by atoms with Crippen molar-refractivity contribution in [2.75, 3.05) is 5.32 Å². The van der Waals surface area contributed by atoms with Gasteiger partial charge in [-0.25, -0.2) is 8.78 Å². The SMILES string of the molecule is O=C(Nc1ccc(F)c(F)c1)c1ccc(Cl)c(Br)c1. The molecule has 0 fully saturated rings. The van der Waals surface area contributed by atoms with Gasteiger partial charge in [-0.3, -0.25) is 4.79 Å². The molecule has 0 aliphatic heterocycles. The minimum atomic E-state index is -1.02. The molecule has 0 saturated heterocycles. The van der Waals surface area contributed by atoms with Crippen LogP contribution in [0.1, 0.15) is 10.4 Å². The number of amides is 1. The average molecular weight is 347 g/mol. The van der Waals surface area contributed by atoms with Gasteiger partial charge in [-0.1, -0.05) is 11.6 Å². The lowest BCUT2D eigenvalue weighted by Crippen LogP contribution is -2.12. The van der Waals surface area contributed by atoms with Gasteiger partial charge >= 0.3 is 0 Å². The molecule has 0 aromatic heterocycles. The molecule has 1 amide bonds. The highest BCUT2D eigenvalue weighted by molar-refractivity contribution is 9.10. The molecular weight excluding hydrogens is 340 g/mol. The van der Waals surface area contributed by atoms with E-state index in [-0.39, 0.29) is 5.69 Å². The van der Waals surface area contributed by atoms with Crippen molar-refractivity contribution in [2.45, 2.75) is 0 Å². The Labute approximate surface area is 121 Å². The van der Waals surface area contributed by atoms with Crippen molar-refractivity contribution in [2.24, 2.45) is 0 Å². The van der Waals surface area contributed by atoms with Crippen molar-refractivity contribution >= 4 is 39.1 Å². The van der Waals surface area contributed by atoms with Crippen molar-refractivity contribution < 1.29 is 13.6 Å². The van der Waals surface area contributed by atoms with E-state index in [4.69, 9.17) is 11.6 Å². The van der Waals surface area contributed by atoms with Gasteiger partial charge in [0.1, 0.15) is 0 Å². The third-order valence-electron chi connectivity index (χ3n) is 2.36. The van der Waals surface area contributed by atoms with Gasteiger partial charge in [0.15, 0.2) is 11.6 Å². The van der Waals surface area contributed by atoms with Crippen LogP contribution in [0.2, 0.25) is 5.02 Å². The monoisotopic (exact) mass is 345 g/mol. The maximum atomic E-state index is 13.0. The number of hydrogen-bond donors (Lipinski definition) is 1. The number of benzene rings is 2. The van der Waals surface area contributed by atoms with Gasteiger partial charge in [0.05, 0.1) is 5.02 Å². The molecule has 6 heteroatoms. The highest BCUT2D eigenvalue weighted by atomic mass is 79.9. The van der Waals surface area contributed by atoms with Gasteiger partial charge in [0, 0.05) is 21.8 Å². The molecule has 0 unspecified atom stereocenters. The zero-order valence-electron chi connectivity index (χ0n) is 9.38. The molecule has 0 saturated carbocycles. The van der Waals surface area contributed by atoms with Crippen molar-refractivity contribution in [1.29, 1.82) is 0 Å². The normalized spacial score (nSPS) is 10.3. The van der Waals surface area contributed by atoms with Crippen LogP contribution in [0.5, 0.6) is 0 Å². The summed E-state index contributed by atoms with van der Waals surface area (Å²) >= 11 is 9.01. The van der Waals surface area contributed by atoms with Crippen LogP contribution in [0.15, 0.2) is 40.9 Å². The second-order valence-electron chi connectivity index (χ2n) is 3.71. The molecule has 2 nitrogen and oxygen atoms in total. The van der Waals surface area contributed by atoms with E-state index in [1.807, 2.05) is 0 Å². The van der Waals surface area contributed by atoms with Crippen molar-refractivity contribution in [3.05, 3.63) is 63.1 Å². The van der Waals surface area contributed by atoms with Crippen LogP contribution >= 0.6 is 27.5 Å². The van der Waals surface area contributed by atoms with Crippen LogP contribution in [0.4, 0.5) is 14.5 Å². The lowest BCUT2D eigenvalue weighted by atomic mass is 10.2. The molecule has 0 aliphatic rings. The summed E-state index contributed by atoms with van der Waals surface area (Å²) in [7, 11) is 0. The van der Waals surface area contributed by atoms with E-state index in [2.05, 4.69) is 21.2 Å². The minimum absolute atomic E-state index is 0.176. The first-order chi connectivity index (χ1) is 8.97. The molecule has 2 rings (SSSR count). The largest absolute Gasteiger partial charge is 0.322 e. The summed E-state index contributed by atoms with van der Waals surface area (Å²) in [5.74, 6) is -2.43. The molecular formula is C13H7BrClF2NO. The van der Waals surface area contributed by atoms with Gasteiger partial charge in [-0.15, -0.1) is 0 Å². The Morgan fingerprint density at radius 2 is 1.84 bits per heavy atom. The van der Waals surface area contributed by atoms with Crippen LogP contribution in [0.25, 0.3) is 0 Å². The van der Waals surface area contributed by atoms with E-state index in [9.17, 15) is 13.6 Å². The maximum absolute atomic E-state index is 13.0. The fourth-order valence-corrected chi connectivity index (χ4v) is 1.91. The summed E-state index contributed by atoms with van der Waals surface area (Å²) < 4.78 is 26.3. The Bertz CT molecular complexity index is 649. The molecule has 0 atom stereocenters. The topological polar surface area (TPSA) is 29.1 Å². The Morgan fingerprint density at radius 3 is 2.47 bits per heavy atom. The zero-order valence-corrected chi connectivity index (χ0v) is 11.7. The van der Waals surface area contributed by atoms with Crippen LogP contribution in [0.3, 0.4) is 0 Å². The molecule has 0 heterocycles. The van der Waals surface area contributed by atoms with E-state index in [1.165, 1.54) is 18.2 Å². The second-order valence-corrected chi connectivity index (χ2v) is 4.97. The predicted octanol–water partition coefficient (Wildman–Crippen LogP) is 4.63. The summed E-state index contributed by atoms with van der Waals surface area (Å²) in [4.78, 5) is 11.9. The number of hydrogen-bond acceptors (Lipinski definition) is 1. The van der Waals surface area contributed by atoms with Crippen LogP contribution < -0.4 is 5.32 Å². The highest BCUT2D eigenvalue weighted by Crippen LogP contribution is 2.23. The molecule has 98 valence electrons. The molecule has 1 N–H and O–H groups in total. The van der Waals surface area contributed by atoms with Gasteiger partial charge in [0.2, 0.25) is 0 Å². The minimum Gasteiger partial charge on any atom is -0.322 e. The summed E-state index contributed by atoms with van der Waals surface area (Å²) in [5, 5.41) is 2.94. The van der Waals surface area contributed by atoms with Crippen molar-refractivity contribution in [1.82, 2.24) is 0 Å². The first kappa shape index (κ1) is 14.0. The number of nitrogens with one attached hydrogen (secondary N) is 1. The zero-order chi connectivity index (χ0) is 14.0. The summed E-state index contributed by atoms with van der Waals surface area (Å²) in [6, 6.07) is 7.77. The van der Waals surface area contributed by atoms with Gasteiger partial charge in [0.25, 0.3) is 5.91 Å². The van der Waals surface area contributed by atoms with E-state index >= 15 is 0 Å². The number of halogens is 4. The molecule has 2 aromatic rings. The Morgan fingerprint density at radius 1 is 1.11 bits per heavy atom. The standard InChI is InChI=1S/C13H7BrClF2NO/c14-9-5-7(1-3-10(9)15)13(19)18-8-2-4-11(16)12(17)6-8/h1-6H,(H,18,19). The molecule has 0 radical (unpaired) electrons. The summed E-state index contributed by atoms with van der Waals surface area (Å²) in [5.41, 5.74) is 0.524. The maximum Gasteiger partial charge on any atom is 0.255 e. The molecule has 19 heavy (non-hydrogen) atoms. The number of carbonyl (C=O) groups excluding carboxylic acids is 1. The molecule has 0 aliphatic carbocycles. The van der Waals surface area contributed by atoms with Crippen LogP contribution in [0, 0.1) is 11.6 Å². The first-order valence-corrected chi connectivity index (χ1v) is 6.36. The Kier molecular flexibility index (Phi) is 4.17. The van der Waals surface area contributed by atoms with E-state index in [0.29, 0.717) is 15.1 Å². The quantitative estimate of drug-likeness (QED) is 0.844. The van der Waals surface area contributed by atoms with Crippen molar-refractivity contribution in [3.63, 3.8) is 0 Å². The third-order valence-corrected chi connectivity index (χ3v) is 3.57. The fraction of sp³-hybridized carbons (Fsp3) is 0. The van der Waals surface area contributed by atoms with E-state index < -0.39 is 17.5 Å². The first-order valence-electron chi connectivity index (χ1n) is 5.19. The lowest BCUT2D eigenvalue weighted by Gasteiger charge is -2.06. The van der Waals surface area contributed by atoms with E-state index in [1.54, 1.807) is 6.07 Å². The summed E-state index contributed by atoms with van der Waals surface area (Å²) in [6.07, 6.45) is 0. The lowest BCUT2D eigenvalue weighted by molar-refractivity contribution is 0.102. The number of carbonyl (C=O) groups is 1. The second kappa shape index (κ2) is 5.67. The molecule has 0 bridgehead atoms. The number of rotatable bonds is 2. The van der Waals surface area contributed by atoms with Gasteiger partial charge in [-0.05, 0) is 46.3 Å². The average Bonchev–Trinajstić information content (AvgIpc) is 2.37. The van der Waals surface area contributed by atoms with Gasteiger partial charge in [-0.2, -0.15) is 0 Å². The fourth-order valence-electron chi connectivity index (χ4n) is 1.41.